The van der Waals surface area contributed by atoms with Gasteiger partial charge in [0, 0.05) is 23.1 Å². The summed E-state index contributed by atoms with van der Waals surface area (Å²) in [6.45, 7) is 1.80. The molecule has 2 saturated heterocycles. The lowest BCUT2D eigenvalue weighted by molar-refractivity contribution is -0.131. The fourth-order valence-electron chi connectivity index (χ4n) is 9.08. The number of nitrogens with zero attached hydrogens (tertiary/aromatic N) is 3. The highest BCUT2D eigenvalue weighted by Gasteiger charge is 2.68. The van der Waals surface area contributed by atoms with Gasteiger partial charge in [-0.1, -0.05) is 48.0 Å². The first-order chi connectivity index (χ1) is 24.7. The van der Waals surface area contributed by atoms with Crippen molar-refractivity contribution in [2.75, 3.05) is 16.9 Å². The van der Waals surface area contributed by atoms with Crippen molar-refractivity contribution in [3.05, 3.63) is 114 Å². The second-order valence-electron chi connectivity index (χ2n) is 14.0. The van der Waals surface area contributed by atoms with Crippen LogP contribution in [0.15, 0.2) is 113 Å². The zero-order valence-electron chi connectivity index (χ0n) is 27.9. The number of carbonyl (C=O) groups excluding carboxylic acids is 4. The van der Waals surface area contributed by atoms with Gasteiger partial charge in [0.25, 0.3) is 0 Å². The second kappa shape index (κ2) is 11.2. The fourth-order valence-corrected chi connectivity index (χ4v) is 9.08. The predicted molar refractivity (Wildman–Crippen MR) is 188 cm³/mol. The highest BCUT2D eigenvalue weighted by Crippen LogP contribution is 2.64. The molecule has 2 aliphatic carbocycles. The number of phenols is 1. The number of aromatic hydroxyl groups is 1. The number of hydrogen-bond acceptors (Lipinski definition) is 8. The predicted octanol–water partition coefficient (Wildman–Crippen LogP) is 6.64. The molecule has 6 unspecified atom stereocenters. The first-order valence-corrected chi connectivity index (χ1v) is 17.0. The third-order valence-corrected chi connectivity index (χ3v) is 11.5. The van der Waals surface area contributed by atoms with Crippen LogP contribution in [0.2, 0.25) is 0 Å². The first kappa shape index (κ1) is 31.0. The summed E-state index contributed by atoms with van der Waals surface area (Å²) in [7, 11) is 1.50. The van der Waals surface area contributed by atoms with Crippen LogP contribution in [0.25, 0.3) is 22.6 Å². The quantitative estimate of drug-likeness (QED) is 0.162. The number of allylic oxidation sites excluding steroid dienone is 2. The average Bonchev–Trinajstić information content (AvgIpc) is 3.76. The van der Waals surface area contributed by atoms with Crippen LogP contribution in [0.3, 0.4) is 0 Å². The number of amides is 4. The second-order valence-corrected chi connectivity index (χ2v) is 14.0. The molecule has 5 aromatic rings. The molecular weight excluding hydrogens is 646 g/mol. The van der Waals surface area contributed by atoms with Gasteiger partial charge in [0.2, 0.25) is 29.5 Å². The van der Waals surface area contributed by atoms with Crippen LogP contribution in [-0.4, -0.2) is 40.8 Å². The molecule has 9 rings (SSSR count). The average molecular weight is 680 g/mol. The van der Waals surface area contributed by atoms with Gasteiger partial charge in [-0.3, -0.25) is 24.1 Å². The van der Waals surface area contributed by atoms with Crippen molar-refractivity contribution in [3.8, 4) is 23.0 Å². The molecule has 4 aliphatic rings. The van der Waals surface area contributed by atoms with Crippen LogP contribution in [0.5, 0.6) is 11.5 Å². The number of methoxy groups -OCH3 is 1. The van der Waals surface area contributed by atoms with Crippen molar-refractivity contribution in [1.29, 1.82) is 0 Å². The van der Waals surface area contributed by atoms with Gasteiger partial charge in [-0.15, -0.1) is 0 Å². The van der Waals surface area contributed by atoms with Crippen LogP contribution in [-0.2, 0) is 19.2 Å². The van der Waals surface area contributed by atoms with Gasteiger partial charge >= 0.3 is 0 Å². The van der Waals surface area contributed by atoms with E-state index >= 15 is 0 Å². The van der Waals surface area contributed by atoms with E-state index in [0.29, 0.717) is 39.7 Å². The summed E-state index contributed by atoms with van der Waals surface area (Å²) in [5, 5.41) is 11.4. The number of para-hydroxylation sites is 3. The summed E-state index contributed by atoms with van der Waals surface area (Å²) in [4.78, 5) is 64.5. The SMILES string of the molecule is COc1ccc(C2C3=CCC4C(=O)N(c5ccc(-c6nc7ccccc7o6)cc5)C(=O)C4C3CC3C(=O)N(c4ccccc4)C(=O)C32C)c(O)c1. The molecular formula is C41H33N3O7. The van der Waals surface area contributed by atoms with Gasteiger partial charge in [-0.05, 0) is 80.3 Å². The third-order valence-electron chi connectivity index (χ3n) is 11.5. The van der Waals surface area contributed by atoms with Gasteiger partial charge in [-0.25, -0.2) is 9.88 Å². The standard InChI is InChI=1S/C41H33N3O7/c1-41-30(38(47)44(40(41)49)23-8-4-3-5-9-23)21-29-26(35(41)27-17-16-25(50-2)20-32(27)45)18-19-28-34(29)39(48)43(37(28)46)24-14-12-22(13-15-24)36-42-31-10-6-7-11-33(31)51-36/h3-18,20,28-30,34-35,45H,19,21H2,1-2H3. The van der Waals surface area contributed by atoms with Gasteiger partial charge in [0.05, 0.1) is 41.7 Å². The van der Waals surface area contributed by atoms with E-state index < -0.39 is 35.0 Å². The smallest absolute Gasteiger partial charge is 0.241 e. The Morgan fingerprint density at radius 3 is 2.27 bits per heavy atom. The number of anilines is 2. The zero-order chi connectivity index (χ0) is 35.2. The molecule has 0 spiro atoms. The zero-order valence-corrected chi connectivity index (χ0v) is 27.9. The van der Waals surface area contributed by atoms with E-state index in [1.54, 1.807) is 67.6 Å². The molecule has 1 saturated carbocycles. The third kappa shape index (κ3) is 4.38. The molecule has 3 fully saturated rings. The molecule has 10 nitrogen and oxygen atoms in total. The number of carbonyl (C=O) groups is 4. The van der Waals surface area contributed by atoms with Crippen molar-refractivity contribution in [1.82, 2.24) is 4.98 Å². The van der Waals surface area contributed by atoms with E-state index in [0.717, 1.165) is 11.1 Å². The van der Waals surface area contributed by atoms with E-state index in [9.17, 15) is 24.3 Å². The van der Waals surface area contributed by atoms with Crippen molar-refractivity contribution in [2.24, 2.45) is 29.1 Å². The lowest BCUT2D eigenvalue weighted by Crippen LogP contribution is -2.48. The maximum Gasteiger partial charge on any atom is 0.241 e. The lowest BCUT2D eigenvalue weighted by atomic mass is 9.51. The Kier molecular flexibility index (Phi) is 6.83. The summed E-state index contributed by atoms with van der Waals surface area (Å²) in [6, 6.07) is 28.2. The summed E-state index contributed by atoms with van der Waals surface area (Å²) >= 11 is 0. The van der Waals surface area contributed by atoms with E-state index in [4.69, 9.17) is 9.15 Å². The van der Waals surface area contributed by atoms with Crippen LogP contribution in [0.1, 0.15) is 31.2 Å². The number of imide groups is 2. The molecule has 2 aliphatic heterocycles. The minimum Gasteiger partial charge on any atom is -0.508 e. The summed E-state index contributed by atoms with van der Waals surface area (Å²) in [5.74, 6) is -3.96. The number of aromatic nitrogens is 1. The molecule has 254 valence electrons. The monoisotopic (exact) mass is 679 g/mol. The summed E-state index contributed by atoms with van der Waals surface area (Å²) < 4.78 is 11.3. The molecule has 10 heteroatoms. The number of rotatable bonds is 5. The topological polar surface area (TPSA) is 130 Å². The van der Waals surface area contributed by atoms with Crippen molar-refractivity contribution in [3.63, 3.8) is 0 Å². The Hall–Kier alpha value is -6.03. The first-order valence-electron chi connectivity index (χ1n) is 17.0. The summed E-state index contributed by atoms with van der Waals surface area (Å²) in [6.07, 6.45) is 2.47. The maximum atomic E-state index is 14.6. The normalized spacial score (nSPS) is 27.0. The molecule has 0 bridgehead atoms. The van der Waals surface area contributed by atoms with Crippen molar-refractivity contribution < 1.29 is 33.4 Å². The van der Waals surface area contributed by atoms with Crippen LogP contribution in [0, 0.1) is 29.1 Å². The Bertz CT molecular complexity index is 2280. The number of ether oxygens (including phenoxy) is 1. The van der Waals surface area contributed by atoms with Crippen molar-refractivity contribution >= 4 is 46.1 Å². The van der Waals surface area contributed by atoms with Crippen LogP contribution < -0.4 is 14.5 Å². The maximum absolute atomic E-state index is 14.6. The number of benzene rings is 4. The van der Waals surface area contributed by atoms with Gasteiger partial charge < -0.3 is 14.3 Å². The Morgan fingerprint density at radius 1 is 0.824 bits per heavy atom. The van der Waals surface area contributed by atoms with E-state index in [-0.39, 0.29) is 42.2 Å². The number of fused-ring (bicyclic) bond motifs is 5. The highest BCUT2D eigenvalue weighted by atomic mass is 16.5. The summed E-state index contributed by atoms with van der Waals surface area (Å²) in [5.41, 5.74) is 3.00. The molecule has 6 atom stereocenters. The number of hydrogen-bond donors (Lipinski definition) is 1. The molecule has 0 radical (unpaired) electrons. The Balaban J connectivity index is 1.10. The van der Waals surface area contributed by atoms with Crippen LogP contribution in [0.4, 0.5) is 11.4 Å². The van der Waals surface area contributed by atoms with Crippen LogP contribution >= 0.6 is 0 Å². The van der Waals surface area contributed by atoms with Gasteiger partial charge in [0.1, 0.15) is 17.0 Å². The molecule has 51 heavy (non-hydrogen) atoms. The lowest BCUT2D eigenvalue weighted by Gasteiger charge is -2.49. The Morgan fingerprint density at radius 2 is 1.55 bits per heavy atom. The minimum absolute atomic E-state index is 0.0732. The molecule has 3 heterocycles. The number of oxazole rings is 1. The van der Waals surface area contributed by atoms with Crippen molar-refractivity contribution in [2.45, 2.75) is 25.7 Å². The largest absolute Gasteiger partial charge is 0.508 e. The minimum atomic E-state index is -1.26. The van der Waals surface area contributed by atoms with E-state index in [1.165, 1.54) is 23.0 Å². The van der Waals surface area contributed by atoms with Gasteiger partial charge in [-0.2, -0.15) is 0 Å². The molecule has 1 N–H and O–H groups in total. The highest BCUT2D eigenvalue weighted by molar-refractivity contribution is 6.25. The van der Waals surface area contributed by atoms with Gasteiger partial charge in [0.15, 0.2) is 5.58 Å². The Labute approximate surface area is 292 Å². The molecule has 4 aromatic carbocycles. The van der Waals surface area contributed by atoms with E-state index in [1.807, 2.05) is 36.4 Å². The molecule has 1 aromatic heterocycles. The van der Waals surface area contributed by atoms with E-state index in [2.05, 4.69) is 4.98 Å². The fraction of sp³-hybridized carbons (Fsp3) is 0.244. The number of phenolic OH excluding ortho intramolecular Hbond substituents is 1. The molecule has 4 amide bonds.